The topological polar surface area (TPSA) is 85.0 Å². The number of rotatable bonds is 2. The lowest BCUT2D eigenvalue weighted by atomic mass is 10.2. The average Bonchev–Trinajstić information content (AvgIpc) is 3.19. The molecule has 7 nitrogen and oxygen atoms in total. The minimum Gasteiger partial charge on any atom is -0.332 e. The molecule has 0 saturated carbocycles. The quantitative estimate of drug-likeness (QED) is 0.522. The molecule has 0 amide bonds. The monoisotopic (exact) mass is 409 g/mol. The molecule has 0 fully saturated rings. The minimum absolute atomic E-state index is 0.229. The maximum Gasteiger partial charge on any atom is 0.332 e. The van der Waals surface area contributed by atoms with Gasteiger partial charge in [0.25, 0.3) is 5.56 Å². The van der Waals surface area contributed by atoms with Crippen LogP contribution in [0.5, 0.6) is 0 Å². The number of nitrogens with one attached hydrogen (secondary N) is 1. The number of fused-ring (bicyclic) bond motifs is 1. The van der Waals surface area contributed by atoms with Crippen LogP contribution < -0.4 is 11.2 Å². The van der Waals surface area contributed by atoms with Crippen LogP contribution in [0.25, 0.3) is 16.7 Å². The Hall–Kier alpha value is -3.73. The summed E-state index contributed by atoms with van der Waals surface area (Å²) < 4.78 is 14.9. The van der Waals surface area contributed by atoms with E-state index in [4.69, 9.17) is 0 Å². The highest BCUT2D eigenvalue weighted by molar-refractivity contribution is 6.08. The average molecular weight is 409 g/mol. The van der Waals surface area contributed by atoms with E-state index in [2.05, 4.69) is 26.8 Å². The molecule has 30 heavy (non-hydrogen) atoms. The van der Waals surface area contributed by atoms with Crippen molar-refractivity contribution < 1.29 is 4.39 Å². The van der Waals surface area contributed by atoms with Crippen molar-refractivity contribution in [3.8, 4) is 11.8 Å². The Morgan fingerprint density at radius 2 is 2.03 bits per heavy atom. The standard InChI is InChI=1S/C12H15N5O2.C10H9F/c1-5-7(6-13-2)9-14-8-10(15-9)16(3)12(19)17(4)11(8)18;1-2-3-5-9-6-4-7-10(11)8-9/h5-6H,1-4H3,(H,14,15);4,6-8H,2H2,1H3/b7-5+,13-6?;. The lowest BCUT2D eigenvalue weighted by Crippen LogP contribution is -2.36. The second-order valence-corrected chi connectivity index (χ2v) is 6.29. The molecule has 1 N–H and O–H groups in total. The fourth-order valence-corrected chi connectivity index (χ4v) is 2.63. The third-order valence-corrected chi connectivity index (χ3v) is 4.18. The number of allylic oxidation sites excluding steroid dienone is 2. The summed E-state index contributed by atoms with van der Waals surface area (Å²) in [6, 6.07) is 6.31. The van der Waals surface area contributed by atoms with Gasteiger partial charge in [-0.25, -0.2) is 14.2 Å². The summed E-state index contributed by atoms with van der Waals surface area (Å²) in [5.74, 6) is 6.01. The predicted octanol–water partition coefficient (Wildman–Crippen LogP) is 2.65. The molecule has 2 heterocycles. The molecule has 0 radical (unpaired) electrons. The number of aliphatic imine (C=N–C) groups is 1. The maximum absolute atomic E-state index is 12.5. The summed E-state index contributed by atoms with van der Waals surface area (Å²) in [5, 5.41) is 0. The van der Waals surface area contributed by atoms with Gasteiger partial charge in [0, 0.05) is 44.9 Å². The van der Waals surface area contributed by atoms with Crippen LogP contribution in [0, 0.1) is 17.7 Å². The maximum atomic E-state index is 12.5. The van der Waals surface area contributed by atoms with Gasteiger partial charge in [0.15, 0.2) is 5.65 Å². The molecule has 0 aliphatic rings. The molecule has 1 aromatic carbocycles. The summed E-state index contributed by atoms with van der Waals surface area (Å²) in [7, 11) is 4.67. The summed E-state index contributed by atoms with van der Waals surface area (Å²) in [4.78, 5) is 35.0. The van der Waals surface area contributed by atoms with Gasteiger partial charge in [-0.3, -0.25) is 18.9 Å². The number of halogens is 1. The van der Waals surface area contributed by atoms with E-state index < -0.39 is 5.69 Å². The van der Waals surface area contributed by atoms with E-state index in [1.807, 2.05) is 19.9 Å². The Morgan fingerprint density at radius 3 is 2.63 bits per heavy atom. The van der Waals surface area contributed by atoms with Crippen LogP contribution in [-0.4, -0.2) is 32.4 Å². The van der Waals surface area contributed by atoms with Crippen molar-refractivity contribution in [2.75, 3.05) is 7.05 Å². The molecule has 3 aromatic rings. The largest absolute Gasteiger partial charge is 0.332 e. The molecule has 0 saturated heterocycles. The third kappa shape index (κ3) is 5.00. The van der Waals surface area contributed by atoms with Gasteiger partial charge in [-0.15, -0.1) is 0 Å². The Labute approximate surface area is 173 Å². The molecular formula is C22H24FN5O2. The molecule has 0 aliphatic carbocycles. The third-order valence-electron chi connectivity index (χ3n) is 4.18. The highest BCUT2D eigenvalue weighted by Gasteiger charge is 2.14. The van der Waals surface area contributed by atoms with Crippen molar-refractivity contribution in [1.29, 1.82) is 0 Å². The van der Waals surface area contributed by atoms with Gasteiger partial charge in [-0.1, -0.05) is 30.9 Å². The summed E-state index contributed by atoms with van der Waals surface area (Å²) in [6.45, 7) is 3.81. The molecule has 8 heteroatoms. The molecular weight excluding hydrogens is 385 g/mol. The van der Waals surface area contributed by atoms with Crippen molar-refractivity contribution in [2.45, 2.75) is 20.3 Å². The number of aryl methyl sites for hydroxylation is 1. The number of H-pyrrole nitrogens is 1. The smallest absolute Gasteiger partial charge is 0.332 e. The zero-order valence-electron chi connectivity index (χ0n) is 17.7. The van der Waals surface area contributed by atoms with E-state index in [-0.39, 0.29) is 11.4 Å². The molecule has 0 bridgehead atoms. The first-order chi connectivity index (χ1) is 14.3. The molecule has 156 valence electrons. The van der Waals surface area contributed by atoms with Gasteiger partial charge in [0.1, 0.15) is 17.2 Å². The zero-order chi connectivity index (χ0) is 22.3. The van der Waals surface area contributed by atoms with Crippen molar-refractivity contribution in [3.63, 3.8) is 0 Å². The normalized spacial score (nSPS) is 11.2. The van der Waals surface area contributed by atoms with Crippen LogP contribution >= 0.6 is 0 Å². The van der Waals surface area contributed by atoms with Crippen LogP contribution in [-0.2, 0) is 14.1 Å². The molecule has 0 spiro atoms. The van der Waals surface area contributed by atoms with Crippen molar-refractivity contribution in [3.05, 3.63) is 68.4 Å². The lowest BCUT2D eigenvalue weighted by molar-refractivity contribution is 0.627. The first-order valence-corrected chi connectivity index (χ1v) is 9.33. The van der Waals surface area contributed by atoms with E-state index in [1.165, 1.54) is 23.7 Å². The van der Waals surface area contributed by atoms with E-state index >= 15 is 0 Å². The summed E-state index contributed by atoms with van der Waals surface area (Å²) in [5.41, 5.74) is 1.36. The number of hydrogen-bond acceptors (Lipinski definition) is 4. The molecule has 2 aromatic heterocycles. The predicted molar refractivity (Wildman–Crippen MR) is 118 cm³/mol. The summed E-state index contributed by atoms with van der Waals surface area (Å²) in [6.07, 6.45) is 4.27. The number of hydrogen-bond donors (Lipinski definition) is 1. The highest BCUT2D eigenvalue weighted by Crippen LogP contribution is 2.12. The van der Waals surface area contributed by atoms with Gasteiger partial charge < -0.3 is 4.98 Å². The lowest BCUT2D eigenvalue weighted by Gasteiger charge is -2.00. The number of nitrogens with zero attached hydrogens (tertiary/aromatic N) is 4. The number of imidazole rings is 1. The fraction of sp³-hybridized carbons (Fsp3) is 0.273. The van der Waals surface area contributed by atoms with Gasteiger partial charge >= 0.3 is 5.69 Å². The number of aromatic amines is 1. The molecule has 3 rings (SSSR count). The zero-order valence-corrected chi connectivity index (χ0v) is 17.7. The summed E-state index contributed by atoms with van der Waals surface area (Å²) >= 11 is 0. The van der Waals surface area contributed by atoms with Crippen molar-refractivity contribution in [1.82, 2.24) is 19.1 Å². The second-order valence-electron chi connectivity index (χ2n) is 6.29. The highest BCUT2D eigenvalue weighted by atomic mass is 19.1. The van der Waals surface area contributed by atoms with Gasteiger partial charge in [0.05, 0.1) is 0 Å². The second kappa shape index (κ2) is 10.2. The Balaban J connectivity index is 0.000000248. The van der Waals surface area contributed by atoms with Crippen LogP contribution in [0.2, 0.25) is 0 Å². The number of benzene rings is 1. The fourth-order valence-electron chi connectivity index (χ4n) is 2.63. The Bertz CT molecular complexity index is 1280. The molecule has 0 atom stereocenters. The van der Waals surface area contributed by atoms with Crippen LogP contribution in [0.1, 0.15) is 31.7 Å². The minimum atomic E-state index is -0.401. The first-order valence-electron chi connectivity index (χ1n) is 9.33. The SMILES string of the molecule is C/C=C(\C=NC)c1nc2c([nH]1)c(=O)n(C)c(=O)n2C.CCC#Cc1cccc(F)c1. The molecule has 0 aliphatic heterocycles. The van der Waals surface area contributed by atoms with Crippen LogP contribution in [0.4, 0.5) is 4.39 Å². The van der Waals surface area contributed by atoms with Gasteiger partial charge in [-0.2, -0.15) is 0 Å². The van der Waals surface area contributed by atoms with Crippen molar-refractivity contribution >= 4 is 23.0 Å². The van der Waals surface area contributed by atoms with Crippen LogP contribution in [0.3, 0.4) is 0 Å². The van der Waals surface area contributed by atoms with Crippen molar-refractivity contribution in [2.24, 2.45) is 19.1 Å². The molecule has 0 unspecified atom stereocenters. The van der Waals surface area contributed by atoms with Crippen LogP contribution in [0.15, 0.2) is 44.9 Å². The Kier molecular flexibility index (Phi) is 7.64. The number of aromatic nitrogens is 4. The van der Waals surface area contributed by atoms with E-state index in [9.17, 15) is 14.0 Å². The first kappa shape index (κ1) is 22.6. The van der Waals surface area contributed by atoms with Gasteiger partial charge in [-0.05, 0) is 25.1 Å². The van der Waals surface area contributed by atoms with Gasteiger partial charge in [0.2, 0.25) is 0 Å². The Morgan fingerprint density at radius 1 is 1.30 bits per heavy atom. The van der Waals surface area contributed by atoms with E-state index in [0.29, 0.717) is 17.0 Å². The van der Waals surface area contributed by atoms with E-state index in [1.54, 1.807) is 32.4 Å². The van der Waals surface area contributed by atoms with E-state index in [0.717, 1.165) is 22.1 Å².